The number of phenols is 1. The highest BCUT2D eigenvalue weighted by molar-refractivity contribution is 6.26. The first kappa shape index (κ1) is 14.3. The summed E-state index contributed by atoms with van der Waals surface area (Å²) in [6.45, 7) is 5.12. The van der Waals surface area contributed by atoms with Crippen molar-refractivity contribution >= 4 is 11.6 Å². The molecule has 4 heteroatoms. The van der Waals surface area contributed by atoms with Crippen LogP contribution in [0.15, 0.2) is 39.8 Å². The van der Waals surface area contributed by atoms with Crippen LogP contribution in [0.1, 0.15) is 51.6 Å². The number of furan rings is 1. The minimum Gasteiger partial charge on any atom is -0.508 e. The van der Waals surface area contributed by atoms with Crippen LogP contribution in [0, 0.1) is 6.92 Å². The molecule has 1 aromatic carbocycles. The second-order valence-electron chi connectivity index (χ2n) is 5.61. The summed E-state index contributed by atoms with van der Waals surface area (Å²) >= 11 is 0. The Hall–Kier alpha value is -2.62. The molecule has 0 saturated carbocycles. The molecule has 1 aliphatic carbocycles. The molecule has 0 aliphatic heterocycles. The zero-order valence-corrected chi connectivity index (χ0v) is 12.7. The minimum atomic E-state index is -0.216. The number of rotatable bonds is 2. The van der Waals surface area contributed by atoms with Crippen molar-refractivity contribution in [2.45, 2.75) is 27.2 Å². The number of benzene rings is 1. The third kappa shape index (κ3) is 2.08. The first-order valence-corrected chi connectivity index (χ1v) is 7.07. The number of hydrogen-bond donors (Lipinski definition) is 1. The van der Waals surface area contributed by atoms with Gasteiger partial charge in [0.25, 0.3) is 0 Å². The maximum atomic E-state index is 12.4. The number of phenolic OH excluding ortho intramolecular Hbond substituents is 1. The predicted molar refractivity (Wildman–Crippen MR) is 81.4 cm³/mol. The smallest absolute Gasteiger partial charge is 0.225 e. The Kier molecular flexibility index (Phi) is 3.24. The van der Waals surface area contributed by atoms with E-state index in [9.17, 15) is 14.7 Å². The fraction of sp³-hybridized carbons (Fsp3) is 0.222. The summed E-state index contributed by atoms with van der Waals surface area (Å²) in [5, 5.41) is 9.32. The highest BCUT2D eigenvalue weighted by Crippen LogP contribution is 2.33. The normalized spacial score (nSPS) is 14.5. The number of ketones is 2. The van der Waals surface area contributed by atoms with Gasteiger partial charge in [0.1, 0.15) is 11.5 Å². The highest BCUT2D eigenvalue weighted by atomic mass is 16.4. The van der Waals surface area contributed by atoms with Gasteiger partial charge in [0.2, 0.25) is 5.78 Å². The Balaban J connectivity index is 2.04. The van der Waals surface area contributed by atoms with Crippen LogP contribution in [0.5, 0.6) is 5.75 Å². The number of allylic oxidation sites excluding steroid dienone is 2. The van der Waals surface area contributed by atoms with Gasteiger partial charge < -0.3 is 9.52 Å². The largest absolute Gasteiger partial charge is 0.508 e. The number of hydrogen-bond acceptors (Lipinski definition) is 4. The summed E-state index contributed by atoms with van der Waals surface area (Å²) < 4.78 is 5.71. The van der Waals surface area contributed by atoms with Gasteiger partial charge in [0.15, 0.2) is 11.5 Å². The van der Waals surface area contributed by atoms with E-state index in [0.29, 0.717) is 34.5 Å². The molecule has 112 valence electrons. The van der Waals surface area contributed by atoms with Gasteiger partial charge in [-0.25, -0.2) is 0 Å². The topological polar surface area (TPSA) is 67.5 Å². The Labute approximate surface area is 128 Å². The van der Waals surface area contributed by atoms with E-state index in [1.807, 2.05) is 0 Å². The van der Waals surface area contributed by atoms with E-state index in [-0.39, 0.29) is 23.1 Å². The van der Waals surface area contributed by atoms with E-state index < -0.39 is 0 Å². The molecule has 0 spiro atoms. The van der Waals surface area contributed by atoms with Crippen molar-refractivity contribution in [3.05, 3.63) is 63.6 Å². The molecule has 0 amide bonds. The molecule has 3 rings (SSSR count). The SMILES string of the molecule is CC1=C(C)C(=O)c2c(oc(Cc3ccc(O)cc3)c2C)C1=O. The fourth-order valence-electron chi connectivity index (χ4n) is 2.66. The van der Waals surface area contributed by atoms with Crippen molar-refractivity contribution in [1.29, 1.82) is 0 Å². The average molecular weight is 296 g/mol. The highest BCUT2D eigenvalue weighted by Gasteiger charge is 2.34. The Bertz CT molecular complexity index is 820. The molecular formula is C18H16O4. The summed E-state index contributed by atoms with van der Waals surface area (Å²) in [6, 6.07) is 6.77. The van der Waals surface area contributed by atoms with Crippen molar-refractivity contribution in [3.8, 4) is 5.75 Å². The van der Waals surface area contributed by atoms with Crippen molar-refractivity contribution in [2.24, 2.45) is 0 Å². The van der Waals surface area contributed by atoms with Crippen LogP contribution in [0.25, 0.3) is 0 Å². The average Bonchev–Trinajstić information content (AvgIpc) is 2.82. The van der Waals surface area contributed by atoms with Gasteiger partial charge in [0, 0.05) is 23.1 Å². The van der Waals surface area contributed by atoms with E-state index in [2.05, 4.69) is 0 Å². The van der Waals surface area contributed by atoms with Gasteiger partial charge in [-0.2, -0.15) is 0 Å². The Morgan fingerprint density at radius 1 is 0.955 bits per heavy atom. The van der Waals surface area contributed by atoms with Crippen LogP contribution >= 0.6 is 0 Å². The molecule has 1 aliphatic rings. The van der Waals surface area contributed by atoms with Crippen molar-refractivity contribution in [2.75, 3.05) is 0 Å². The number of carbonyl (C=O) groups is 2. The van der Waals surface area contributed by atoms with Crippen LogP contribution < -0.4 is 0 Å². The lowest BCUT2D eigenvalue weighted by Gasteiger charge is -2.11. The summed E-state index contributed by atoms with van der Waals surface area (Å²) in [5.74, 6) is 0.608. The third-order valence-electron chi connectivity index (χ3n) is 4.22. The fourth-order valence-corrected chi connectivity index (χ4v) is 2.66. The van der Waals surface area contributed by atoms with Gasteiger partial charge in [-0.15, -0.1) is 0 Å². The lowest BCUT2D eigenvalue weighted by Crippen LogP contribution is -2.18. The summed E-state index contributed by atoms with van der Waals surface area (Å²) in [5.41, 5.74) is 2.98. The summed E-state index contributed by atoms with van der Waals surface area (Å²) in [4.78, 5) is 24.7. The monoisotopic (exact) mass is 296 g/mol. The molecule has 4 nitrogen and oxygen atoms in total. The molecule has 1 N–H and O–H groups in total. The van der Waals surface area contributed by atoms with Gasteiger partial charge >= 0.3 is 0 Å². The zero-order valence-electron chi connectivity index (χ0n) is 12.7. The van der Waals surface area contributed by atoms with Crippen LogP contribution in [-0.4, -0.2) is 16.7 Å². The lowest BCUT2D eigenvalue weighted by molar-refractivity contribution is 0.0955. The summed E-state index contributed by atoms with van der Waals surface area (Å²) in [6.07, 6.45) is 0.470. The minimum absolute atomic E-state index is 0.134. The van der Waals surface area contributed by atoms with E-state index in [1.165, 1.54) is 0 Å². The third-order valence-corrected chi connectivity index (χ3v) is 4.22. The molecule has 0 bridgehead atoms. The molecule has 1 heterocycles. The van der Waals surface area contributed by atoms with Crippen molar-refractivity contribution in [3.63, 3.8) is 0 Å². The van der Waals surface area contributed by atoms with E-state index in [4.69, 9.17) is 4.42 Å². The van der Waals surface area contributed by atoms with Crippen molar-refractivity contribution < 1.29 is 19.1 Å². The van der Waals surface area contributed by atoms with E-state index in [1.54, 1.807) is 45.0 Å². The number of aromatic hydroxyl groups is 1. The molecule has 0 radical (unpaired) electrons. The maximum Gasteiger partial charge on any atom is 0.225 e. The van der Waals surface area contributed by atoms with Gasteiger partial charge in [-0.3, -0.25) is 9.59 Å². The van der Waals surface area contributed by atoms with E-state index in [0.717, 1.165) is 5.56 Å². The van der Waals surface area contributed by atoms with Gasteiger partial charge in [-0.1, -0.05) is 12.1 Å². The van der Waals surface area contributed by atoms with Crippen LogP contribution in [-0.2, 0) is 6.42 Å². The molecular weight excluding hydrogens is 280 g/mol. The molecule has 0 unspecified atom stereocenters. The zero-order chi connectivity index (χ0) is 16.0. The van der Waals surface area contributed by atoms with Gasteiger partial charge in [-0.05, 0) is 38.5 Å². The molecule has 0 fully saturated rings. The molecule has 1 aromatic heterocycles. The lowest BCUT2D eigenvalue weighted by atomic mass is 9.88. The maximum absolute atomic E-state index is 12.4. The number of fused-ring (bicyclic) bond motifs is 1. The molecule has 0 saturated heterocycles. The van der Waals surface area contributed by atoms with Crippen molar-refractivity contribution in [1.82, 2.24) is 0 Å². The van der Waals surface area contributed by atoms with E-state index >= 15 is 0 Å². The standard InChI is InChI=1S/C18H16O4/c1-9-10(2)17(21)18-15(16(9)20)11(3)14(22-18)8-12-4-6-13(19)7-5-12/h4-7,19H,8H2,1-3H3. The Morgan fingerprint density at radius 3 is 2.18 bits per heavy atom. The van der Waals surface area contributed by atoms with Crippen LogP contribution in [0.2, 0.25) is 0 Å². The number of Topliss-reactive ketones (excluding diaryl/α,β-unsaturated/α-hetero) is 2. The van der Waals surface area contributed by atoms with Crippen LogP contribution in [0.4, 0.5) is 0 Å². The predicted octanol–water partition coefficient (Wildman–Crippen LogP) is 3.60. The molecule has 0 atom stereocenters. The van der Waals surface area contributed by atoms with Crippen LogP contribution in [0.3, 0.4) is 0 Å². The summed E-state index contributed by atoms with van der Waals surface area (Å²) in [7, 11) is 0. The second-order valence-corrected chi connectivity index (χ2v) is 5.61. The van der Waals surface area contributed by atoms with Gasteiger partial charge in [0.05, 0.1) is 5.56 Å². The first-order chi connectivity index (χ1) is 10.4. The first-order valence-electron chi connectivity index (χ1n) is 7.07. The molecule has 2 aromatic rings. The second kappa shape index (κ2) is 4.98. The quantitative estimate of drug-likeness (QED) is 0.919. The Morgan fingerprint density at radius 2 is 1.55 bits per heavy atom. The number of carbonyl (C=O) groups excluding carboxylic acids is 2. The molecule has 22 heavy (non-hydrogen) atoms.